The zero-order valence-corrected chi connectivity index (χ0v) is 9.95. The molecular weight excluding hydrogens is 250 g/mol. The van der Waals surface area contributed by atoms with Crippen molar-refractivity contribution in [1.29, 1.82) is 0 Å². The lowest BCUT2D eigenvalue weighted by Gasteiger charge is -2.13. The topological polar surface area (TPSA) is 116 Å². The summed E-state index contributed by atoms with van der Waals surface area (Å²) in [7, 11) is 0. The average molecular weight is 263 g/mol. The van der Waals surface area contributed by atoms with E-state index in [0.29, 0.717) is 10.9 Å². The van der Waals surface area contributed by atoms with Crippen molar-refractivity contribution >= 4 is 22.6 Å². The largest absolute Gasteiger partial charge is 0.476 e. The van der Waals surface area contributed by atoms with Gasteiger partial charge in [-0.2, -0.15) is 0 Å². The number of aromatic carboxylic acids is 1. The standard InChI is InChI=1S/C12H13N3O4/c16-6-7(17)5-13-10-8-3-1-2-4-9(8)14-15-11(10)12(18)19/h1-4,7,16-17H,5-6H2,(H,13,14)(H,18,19). The summed E-state index contributed by atoms with van der Waals surface area (Å²) in [5.41, 5.74) is 0.614. The van der Waals surface area contributed by atoms with Gasteiger partial charge in [-0.1, -0.05) is 18.2 Å². The molecule has 0 fully saturated rings. The van der Waals surface area contributed by atoms with Crippen LogP contribution in [0.15, 0.2) is 24.3 Å². The Kier molecular flexibility index (Phi) is 3.88. The maximum Gasteiger partial charge on any atom is 0.358 e. The van der Waals surface area contributed by atoms with Crippen molar-refractivity contribution in [1.82, 2.24) is 10.2 Å². The molecule has 7 heteroatoms. The first-order chi connectivity index (χ1) is 9.13. The van der Waals surface area contributed by atoms with Gasteiger partial charge in [0.2, 0.25) is 0 Å². The normalized spacial score (nSPS) is 12.3. The first-order valence-electron chi connectivity index (χ1n) is 5.65. The van der Waals surface area contributed by atoms with Crippen molar-refractivity contribution in [2.75, 3.05) is 18.5 Å². The molecule has 1 atom stereocenters. The van der Waals surface area contributed by atoms with Gasteiger partial charge in [0.05, 0.1) is 23.9 Å². The third-order valence-electron chi connectivity index (χ3n) is 2.60. The molecule has 1 aromatic heterocycles. The number of anilines is 1. The first kappa shape index (κ1) is 13.2. The van der Waals surface area contributed by atoms with Crippen LogP contribution in [0.25, 0.3) is 10.9 Å². The lowest BCUT2D eigenvalue weighted by atomic mass is 10.1. The van der Waals surface area contributed by atoms with Gasteiger partial charge in [-0.3, -0.25) is 0 Å². The number of carboxylic acid groups (broad SMARTS) is 1. The maximum absolute atomic E-state index is 11.1. The van der Waals surface area contributed by atoms with Crippen molar-refractivity contribution in [2.45, 2.75) is 6.10 Å². The minimum atomic E-state index is -1.21. The Morgan fingerprint density at radius 2 is 2.05 bits per heavy atom. The highest BCUT2D eigenvalue weighted by molar-refractivity contribution is 6.02. The van der Waals surface area contributed by atoms with E-state index in [1.54, 1.807) is 24.3 Å². The second-order valence-electron chi connectivity index (χ2n) is 3.96. The fourth-order valence-electron chi connectivity index (χ4n) is 1.67. The molecule has 4 N–H and O–H groups in total. The number of carbonyl (C=O) groups is 1. The smallest absolute Gasteiger partial charge is 0.358 e. The molecule has 1 unspecified atom stereocenters. The van der Waals surface area contributed by atoms with E-state index < -0.39 is 18.7 Å². The van der Waals surface area contributed by atoms with Crippen LogP contribution in [0.4, 0.5) is 5.69 Å². The van der Waals surface area contributed by atoms with E-state index in [0.717, 1.165) is 0 Å². The number of aliphatic hydroxyl groups is 2. The molecule has 0 amide bonds. The summed E-state index contributed by atoms with van der Waals surface area (Å²) in [4.78, 5) is 11.1. The highest BCUT2D eigenvalue weighted by Crippen LogP contribution is 2.24. The number of nitrogens with one attached hydrogen (secondary N) is 1. The van der Waals surface area contributed by atoms with Gasteiger partial charge in [0.25, 0.3) is 0 Å². The Hall–Kier alpha value is -2.25. The molecule has 19 heavy (non-hydrogen) atoms. The monoisotopic (exact) mass is 263 g/mol. The van der Waals surface area contributed by atoms with Crippen LogP contribution in [0, 0.1) is 0 Å². The lowest BCUT2D eigenvalue weighted by Crippen LogP contribution is -2.24. The van der Waals surface area contributed by atoms with Crippen LogP contribution in [0.1, 0.15) is 10.5 Å². The van der Waals surface area contributed by atoms with E-state index >= 15 is 0 Å². The van der Waals surface area contributed by atoms with E-state index in [4.69, 9.17) is 10.2 Å². The molecule has 0 spiro atoms. The number of aliphatic hydroxyl groups excluding tert-OH is 2. The zero-order chi connectivity index (χ0) is 13.8. The molecule has 2 aromatic rings. The van der Waals surface area contributed by atoms with Gasteiger partial charge in [-0.25, -0.2) is 4.79 Å². The summed E-state index contributed by atoms with van der Waals surface area (Å²) < 4.78 is 0. The highest BCUT2D eigenvalue weighted by Gasteiger charge is 2.17. The Bertz CT molecular complexity index is 603. The Morgan fingerprint density at radius 3 is 2.74 bits per heavy atom. The molecule has 2 rings (SSSR count). The summed E-state index contributed by atoms with van der Waals surface area (Å²) in [6.45, 7) is -0.391. The van der Waals surface area contributed by atoms with Crippen LogP contribution in [0.5, 0.6) is 0 Å². The van der Waals surface area contributed by atoms with Gasteiger partial charge in [-0.15, -0.1) is 10.2 Å². The van der Waals surface area contributed by atoms with E-state index in [9.17, 15) is 9.90 Å². The maximum atomic E-state index is 11.1. The van der Waals surface area contributed by atoms with Crippen LogP contribution in [-0.4, -0.2) is 50.7 Å². The predicted octanol–water partition coefficient (Wildman–Crippen LogP) is 0.0931. The number of aromatic nitrogens is 2. The third-order valence-corrected chi connectivity index (χ3v) is 2.60. The molecule has 0 aliphatic heterocycles. The van der Waals surface area contributed by atoms with Gasteiger partial charge in [0.15, 0.2) is 5.69 Å². The first-order valence-corrected chi connectivity index (χ1v) is 5.65. The number of fused-ring (bicyclic) bond motifs is 1. The van der Waals surface area contributed by atoms with E-state index in [1.165, 1.54) is 0 Å². The number of benzene rings is 1. The van der Waals surface area contributed by atoms with Gasteiger partial charge in [-0.05, 0) is 6.07 Å². The average Bonchev–Trinajstić information content (AvgIpc) is 2.43. The van der Waals surface area contributed by atoms with Crippen LogP contribution in [0.3, 0.4) is 0 Å². The predicted molar refractivity (Wildman–Crippen MR) is 68.1 cm³/mol. The lowest BCUT2D eigenvalue weighted by molar-refractivity contribution is 0.0690. The fourth-order valence-corrected chi connectivity index (χ4v) is 1.67. The summed E-state index contributed by atoms with van der Waals surface area (Å²) in [5.74, 6) is -1.21. The summed E-state index contributed by atoms with van der Waals surface area (Å²) in [6.07, 6.45) is -0.978. The summed E-state index contributed by atoms with van der Waals surface area (Å²) >= 11 is 0. The Morgan fingerprint density at radius 1 is 1.32 bits per heavy atom. The number of hydrogen-bond donors (Lipinski definition) is 4. The number of hydrogen-bond acceptors (Lipinski definition) is 6. The van der Waals surface area contributed by atoms with Gasteiger partial charge < -0.3 is 20.6 Å². The number of rotatable bonds is 5. The molecule has 7 nitrogen and oxygen atoms in total. The van der Waals surface area contributed by atoms with E-state index in [-0.39, 0.29) is 17.9 Å². The van der Waals surface area contributed by atoms with Crippen molar-refractivity contribution in [2.24, 2.45) is 0 Å². The molecule has 0 radical (unpaired) electrons. The Labute approximate surface area is 108 Å². The van der Waals surface area contributed by atoms with Crippen molar-refractivity contribution < 1.29 is 20.1 Å². The second kappa shape index (κ2) is 5.59. The minimum Gasteiger partial charge on any atom is -0.476 e. The van der Waals surface area contributed by atoms with Crippen molar-refractivity contribution in [3.8, 4) is 0 Å². The molecule has 0 aliphatic carbocycles. The third kappa shape index (κ3) is 2.78. The number of carboxylic acids is 1. The minimum absolute atomic E-state index is 0.0203. The van der Waals surface area contributed by atoms with Crippen LogP contribution in [-0.2, 0) is 0 Å². The van der Waals surface area contributed by atoms with Crippen LogP contribution < -0.4 is 5.32 Å². The quantitative estimate of drug-likeness (QED) is 0.604. The summed E-state index contributed by atoms with van der Waals surface area (Å²) in [5, 5.41) is 38.1. The molecule has 0 saturated carbocycles. The van der Waals surface area contributed by atoms with Gasteiger partial charge in [0, 0.05) is 11.9 Å². The molecule has 100 valence electrons. The van der Waals surface area contributed by atoms with E-state index in [1.807, 2.05) is 0 Å². The van der Waals surface area contributed by atoms with Crippen molar-refractivity contribution in [3.05, 3.63) is 30.0 Å². The van der Waals surface area contributed by atoms with Crippen LogP contribution >= 0.6 is 0 Å². The van der Waals surface area contributed by atoms with Crippen LogP contribution in [0.2, 0.25) is 0 Å². The number of nitrogens with zero attached hydrogens (tertiary/aromatic N) is 2. The second-order valence-corrected chi connectivity index (χ2v) is 3.96. The molecule has 0 saturated heterocycles. The zero-order valence-electron chi connectivity index (χ0n) is 9.95. The summed E-state index contributed by atoms with van der Waals surface area (Å²) in [6, 6.07) is 6.94. The molecular formula is C12H13N3O4. The fraction of sp³-hybridized carbons (Fsp3) is 0.250. The molecule has 0 bridgehead atoms. The highest BCUT2D eigenvalue weighted by atomic mass is 16.4. The van der Waals surface area contributed by atoms with E-state index in [2.05, 4.69) is 15.5 Å². The molecule has 1 heterocycles. The van der Waals surface area contributed by atoms with Crippen molar-refractivity contribution in [3.63, 3.8) is 0 Å². The van der Waals surface area contributed by atoms with Gasteiger partial charge >= 0.3 is 5.97 Å². The van der Waals surface area contributed by atoms with Gasteiger partial charge in [0.1, 0.15) is 0 Å². The Balaban J connectivity index is 2.46. The molecule has 1 aromatic carbocycles. The molecule has 0 aliphatic rings. The SMILES string of the molecule is O=C(O)c1nnc2ccccc2c1NCC(O)CO.